The van der Waals surface area contributed by atoms with E-state index in [4.69, 9.17) is 4.74 Å². The third-order valence-corrected chi connectivity index (χ3v) is 4.93. The summed E-state index contributed by atoms with van der Waals surface area (Å²) in [6.07, 6.45) is 0.684. The number of aromatic nitrogens is 1. The maximum Gasteiger partial charge on any atom is 0.339 e. The molecule has 0 radical (unpaired) electrons. The van der Waals surface area contributed by atoms with Crippen LogP contribution in [0.3, 0.4) is 0 Å². The van der Waals surface area contributed by atoms with E-state index in [1.807, 2.05) is 38.1 Å². The molecule has 1 N–H and O–H groups in total. The number of fused-ring (bicyclic) bond motifs is 1. The maximum absolute atomic E-state index is 12.8. The highest BCUT2D eigenvalue weighted by Gasteiger charge is 2.19. The Hall–Kier alpha value is -3.74. The normalized spacial score (nSPS) is 10.6. The Labute approximate surface area is 181 Å². The van der Waals surface area contributed by atoms with E-state index in [9.17, 15) is 14.4 Å². The number of carbonyl (C=O) groups excluding carboxylic acids is 3. The van der Waals surface area contributed by atoms with Gasteiger partial charge in [0.2, 0.25) is 0 Å². The molecule has 31 heavy (non-hydrogen) atoms. The van der Waals surface area contributed by atoms with E-state index in [0.717, 1.165) is 11.3 Å². The molecule has 2 aromatic carbocycles. The van der Waals surface area contributed by atoms with E-state index in [1.54, 1.807) is 38.4 Å². The summed E-state index contributed by atoms with van der Waals surface area (Å²) in [5.74, 6) is -1.15. The number of aryl methyl sites for hydroxylation is 1. The van der Waals surface area contributed by atoms with Crippen molar-refractivity contribution in [2.75, 3.05) is 26.0 Å². The van der Waals surface area contributed by atoms with E-state index in [-0.39, 0.29) is 5.91 Å². The van der Waals surface area contributed by atoms with Crippen molar-refractivity contribution < 1.29 is 19.1 Å². The quantitative estimate of drug-likeness (QED) is 0.617. The lowest BCUT2D eigenvalue weighted by Gasteiger charge is -2.13. The van der Waals surface area contributed by atoms with E-state index >= 15 is 0 Å². The fraction of sp³-hybridized carbons (Fsp3) is 0.250. The van der Waals surface area contributed by atoms with Crippen LogP contribution in [0, 0.1) is 6.92 Å². The molecule has 1 aromatic heterocycles. The zero-order valence-electron chi connectivity index (χ0n) is 18.1. The number of ether oxygens (including phenoxy) is 1. The largest absolute Gasteiger partial charge is 0.452 e. The highest BCUT2D eigenvalue weighted by atomic mass is 16.5. The average Bonchev–Trinajstić information content (AvgIpc) is 2.77. The van der Waals surface area contributed by atoms with E-state index in [1.165, 1.54) is 4.90 Å². The Morgan fingerprint density at radius 3 is 2.35 bits per heavy atom. The van der Waals surface area contributed by atoms with Gasteiger partial charge in [-0.2, -0.15) is 0 Å². The summed E-state index contributed by atoms with van der Waals surface area (Å²) in [6.45, 7) is 3.39. The van der Waals surface area contributed by atoms with Crippen LogP contribution < -0.4 is 5.32 Å². The second-order valence-electron chi connectivity index (χ2n) is 7.33. The van der Waals surface area contributed by atoms with Gasteiger partial charge in [0.15, 0.2) is 6.61 Å². The fourth-order valence-corrected chi connectivity index (χ4v) is 3.32. The van der Waals surface area contributed by atoms with E-state index < -0.39 is 18.5 Å². The zero-order valence-corrected chi connectivity index (χ0v) is 18.1. The first-order valence-electron chi connectivity index (χ1n) is 9.98. The highest BCUT2D eigenvalue weighted by Crippen LogP contribution is 2.24. The van der Waals surface area contributed by atoms with Crippen LogP contribution in [-0.4, -0.2) is 48.4 Å². The van der Waals surface area contributed by atoms with Crippen molar-refractivity contribution >= 4 is 34.4 Å². The molecule has 3 rings (SSSR count). The van der Waals surface area contributed by atoms with Gasteiger partial charge in [0.25, 0.3) is 11.8 Å². The number of para-hydroxylation sites is 1. The summed E-state index contributed by atoms with van der Waals surface area (Å²) >= 11 is 0. The van der Waals surface area contributed by atoms with Gasteiger partial charge >= 0.3 is 5.97 Å². The molecule has 0 spiro atoms. The summed E-state index contributed by atoms with van der Waals surface area (Å²) < 4.78 is 5.30. The van der Waals surface area contributed by atoms with Crippen LogP contribution in [0.4, 0.5) is 5.69 Å². The summed E-state index contributed by atoms with van der Waals surface area (Å²) in [5, 5.41) is 3.36. The molecule has 0 atom stereocenters. The average molecular weight is 419 g/mol. The third-order valence-electron chi connectivity index (χ3n) is 4.93. The minimum absolute atomic E-state index is 0.127. The number of anilines is 1. The van der Waals surface area contributed by atoms with Crippen LogP contribution in [-0.2, 0) is 16.0 Å². The first-order chi connectivity index (χ1) is 14.8. The van der Waals surface area contributed by atoms with Gasteiger partial charge < -0.3 is 15.0 Å². The fourth-order valence-electron chi connectivity index (χ4n) is 3.32. The minimum Gasteiger partial charge on any atom is -0.452 e. The predicted octanol–water partition coefficient (Wildman–Crippen LogP) is 3.60. The van der Waals surface area contributed by atoms with E-state index in [0.29, 0.717) is 34.1 Å². The number of carbonyl (C=O) groups is 3. The second-order valence-corrected chi connectivity index (χ2v) is 7.33. The van der Waals surface area contributed by atoms with Gasteiger partial charge in [-0.05, 0) is 49.2 Å². The highest BCUT2D eigenvalue weighted by molar-refractivity contribution is 6.06. The molecule has 0 aliphatic carbocycles. The number of pyridine rings is 1. The Balaban J connectivity index is 1.69. The number of hydrogen-bond acceptors (Lipinski definition) is 5. The molecule has 1 heterocycles. The SMILES string of the molecule is CCc1nc2ccccc2c(C(=O)OCC(=O)Nc2ccc(C(=O)N(C)C)cc2)c1C. The van der Waals surface area contributed by atoms with Gasteiger partial charge in [0.1, 0.15) is 0 Å². The zero-order chi connectivity index (χ0) is 22.5. The predicted molar refractivity (Wildman–Crippen MR) is 119 cm³/mol. The van der Waals surface area contributed by atoms with Crippen molar-refractivity contribution in [2.24, 2.45) is 0 Å². The number of nitrogens with zero attached hydrogens (tertiary/aromatic N) is 2. The first-order valence-corrected chi connectivity index (χ1v) is 9.98. The first kappa shape index (κ1) is 22.0. The lowest BCUT2D eigenvalue weighted by molar-refractivity contribution is -0.119. The Morgan fingerprint density at radius 2 is 1.71 bits per heavy atom. The number of rotatable bonds is 6. The van der Waals surface area contributed by atoms with Gasteiger partial charge in [-0.15, -0.1) is 0 Å². The lowest BCUT2D eigenvalue weighted by atomic mass is 10.0. The number of benzene rings is 2. The molecule has 3 aromatic rings. The molecule has 160 valence electrons. The van der Waals surface area contributed by atoms with Crippen molar-refractivity contribution in [1.29, 1.82) is 0 Å². The second kappa shape index (κ2) is 9.38. The molecule has 7 heteroatoms. The molecular weight excluding hydrogens is 394 g/mol. The molecule has 0 saturated heterocycles. The standard InChI is InChI=1S/C24H25N3O4/c1-5-19-15(2)22(18-8-6-7-9-20(18)26-19)24(30)31-14-21(28)25-17-12-10-16(11-13-17)23(29)27(3)4/h6-13H,5,14H2,1-4H3,(H,25,28). The van der Waals surface area contributed by atoms with Gasteiger partial charge in [-0.1, -0.05) is 25.1 Å². The van der Waals surface area contributed by atoms with Crippen molar-refractivity contribution in [3.8, 4) is 0 Å². The topological polar surface area (TPSA) is 88.6 Å². The maximum atomic E-state index is 12.8. The summed E-state index contributed by atoms with van der Waals surface area (Å²) in [5.41, 5.74) is 3.75. The lowest BCUT2D eigenvalue weighted by Crippen LogP contribution is -2.22. The molecule has 2 amide bonds. The van der Waals surface area contributed by atoms with Gasteiger partial charge in [0, 0.05) is 36.4 Å². The van der Waals surface area contributed by atoms with Crippen LogP contribution in [0.25, 0.3) is 10.9 Å². The molecule has 0 unspecified atom stereocenters. The van der Waals surface area contributed by atoms with Gasteiger partial charge in [-0.25, -0.2) is 4.79 Å². The van der Waals surface area contributed by atoms with Crippen molar-refractivity contribution in [1.82, 2.24) is 9.88 Å². The van der Waals surface area contributed by atoms with Crippen molar-refractivity contribution in [3.63, 3.8) is 0 Å². The Bertz CT molecular complexity index is 1140. The summed E-state index contributed by atoms with van der Waals surface area (Å²) in [7, 11) is 3.34. The molecule has 0 bridgehead atoms. The van der Waals surface area contributed by atoms with Crippen LogP contribution in [0.15, 0.2) is 48.5 Å². The smallest absolute Gasteiger partial charge is 0.339 e. The van der Waals surface area contributed by atoms with Crippen LogP contribution >= 0.6 is 0 Å². The molecule has 0 aliphatic heterocycles. The molecular formula is C24H25N3O4. The Morgan fingerprint density at radius 1 is 1.03 bits per heavy atom. The van der Waals surface area contributed by atoms with Crippen molar-refractivity contribution in [3.05, 3.63) is 70.9 Å². The monoisotopic (exact) mass is 419 g/mol. The van der Waals surface area contributed by atoms with Crippen LogP contribution in [0.1, 0.15) is 38.9 Å². The Kier molecular flexibility index (Phi) is 6.65. The van der Waals surface area contributed by atoms with Crippen LogP contribution in [0.2, 0.25) is 0 Å². The van der Waals surface area contributed by atoms with E-state index in [2.05, 4.69) is 10.3 Å². The number of esters is 1. The van der Waals surface area contributed by atoms with Crippen molar-refractivity contribution in [2.45, 2.75) is 20.3 Å². The molecule has 0 fully saturated rings. The third kappa shape index (κ3) is 4.88. The molecule has 7 nitrogen and oxygen atoms in total. The number of hydrogen-bond donors (Lipinski definition) is 1. The molecule has 0 aliphatic rings. The minimum atomic E-state index is -0.562. The summed E-state index contributed by atoms with van der Waals surface area (Å²) in [6, 6.07) is 13.9. The molecule has 0 saturated carbocycles. The number of nitrogens with one attached hydrogen (secondary N) is 1. The number of amides is 2. The van der Waals surface area contributed by atoms with Crippen LogP contribution in [0.5, 0.6) is 0 Å². The summed E-state index contributed by atoms with van der Waals surface area (Å²) in [4.78, 5) is 43.1. The van der Waals surface area contributed by atoms with Gasteiger partial charge in [-0.3, -0.25) is 14.6 Å². The van der Waals surface area contributed by atoms with Gasteiger partial charge in [0.05, 0.1) is 11.1 Å².